The van der Waals surface area contributed by atoms with Crippen molar-refractivity contribution in [1.29, 1.82) is 0 Å². The summed E-state index contributed by atoms with van der Waals surface area (Å²) in [5, 5.41) is 0. The number of methoxy groups -OCH3 is 1. The van der Waals surface area contributed by atoms with E-state index >= 15 is 0 Å². The first-order valence-electron chi connectivity index (χ1n) is 7.62. The summed E-state index contributed by atoms with van der Waals surface area (Å²) < 4.78 is 10.7. The van der Waals surface area contributed by atoms with Crippen molar-refractivity contribution < 1.29 is 14.3 Å². The zero-order valence-electron chi connectivity index (χ0n) is 12.7. The van der Waals surface area contributed by atoms with Crippen molar-refractivity contribution in [3.05, 3.63) is 0 Å². The Morgan fingerprint density at radius 1 is 1.42 bits per heavy atom. The summed E-state index contributed by atoms with van der Waals surface area (Å²) in [5.41, 5.74) is 0. The zero-order valence-corrected chi connectivity index (χ0v) is 12.7. The average molecular weight is 271 g/mol. The maximum absolute atomic E-state index is 12.4. The summed E-state index contributed by atoms with van der Waals surface area (Å²) in [4.78, 5) is 14.4. The maximum Gasteiger partial charge on any atom is 0.222 e. The summed E-state index contributed by atoms with van der Waals surface area (Å²) in [5.74, 6) is 0.251. The molecule has 1 aliphatic heterocycles. The van der Waals surface area contributed by atoms with Crippen LogP contribution in [0.1, 0.15) is 52.4 Å². The van der Waals surface area contributed by atoms with E-state index in [2.05, 4.69) is 13.8 Å². The molecule has 1 saturated heterocycles. The van der Waals surface area contributed by atoms with E-state index in [1.54, 1.807) is 7.11 Å². The highest BCUT2D eigenvalue weighted by atomic mass is 16.5. The van der Waals surface area contributed by atoms with E-state index < -0.39 is 0 Å². The number of nitrogens with zero attached hydrogens (tertiary/aromatic N) is 1. The number of carbonyl (C=O) groups is 1. The molecule has 1 rings (SSSR count). The lowest BCUT2D eigenvalue weighted by molar-refractivity contribution is -0.135. The lowest BCUT2D eigenvalue weighted by atomic mass is 10.1. The third-order valence-corrected chi connectivity index (χ3v) is 3.94. The van der Waals surface area contributed by atoms with Crippen molar-refractivity contribution in [2.45, 2.75) is 64.5 Å². The molecule has 0 aliphatic carbocycles. The Labute approximate surface area is 117 Å². The van der Waals surface area contributed by atoms with Crippen LogP contribution in [-0.4, -0.2) is 49.8 Å². The van der Waals surface area contributed by atoms with Crippen LogP contribution in [0.5, 0.6) is 0 Å². The van der Waals surface area contributed by atoms with Gasteiger partial charge in [0.25, 0.3) is 0 Å². The Hall–Kier alpha value is -0.610. The molecule has 1 unspecified atom stereocenters. The summed E-state index contributed by atoms with van der Waals surface area (Å²) in [7, 11) is 1.68. The lowest BCUT2D eigenvalue weighted by Crippen LogP contribution is -2.42. The molecule has 19 heavy (non-hydrogen) atoms. The van der Waals surface area contributed by atoms with Crippen LogP contribution in [0.25, 0.3) is 0 Å². The van der Waals surface area contributed by atoms with Gasteiger partial charge in [0.1, 0.15) is 0 Å². The van der Waals surface area contributed by atoms with Gasteiger partial charge in [0.05, 0.1) is 12.7 Å². The van der Waals surface area contributed by atoms with E-state index in [0.29, 0.717) is 31.7 Å². The number of amides is 1. The van der Waals surface area contributed by atoms with Crippen LogP contribution in [0.3, 0.4) is 0 Å². The number of ether oxygens (including phenoxy) is 2. The highest BCUT2D eigenvalue weighted by Crippen LogP contribution is 2.18. The molecule has 0 aromatic rings. The number of rotatable bonds is 9. The molecule has 0 saturated carbocycles. The molecule has 0 spiro atoms. The first-order valence-corrected chi connectivity index (χ1v) is 7.62. The molecule has 0 N–H and O–H groups in total. The van der Waals surface area contributed by atoms with Gasteiger partial charge in [0.15, 0.2) is 0 Å². The normalized spacial score (nSPS) is 19.1. The Morgan fingerprint density at radius 2 is 2.16 bits per heavy atom. The largest absolute Gasteiger partial charge is 0.383 e. The van der Waals surface area contributed by atoms with Crippen molar-refractivity contribution in [2.75, 3.05) is 26.9 Å². The summed E-state index contributed by atoms with van der Waals surface area (Å²) in [6, 6.07) is 0.340. The van der Waals surface area contributed by atoms with Crippen LogP contribution in [0.4, 0.5) is 0 Å². The van der Waals surface area contributed by atoms with E-state index in [9.17, 15) is 4.79 Å². The van der Waals surface area contributed by atoms with Crippen molar-refractivity contribution in [2.24, 2.45) is 0 Å². The second-order valence-corrected chi connectivity index (χ2v) is 5.22. The third-order valence-electron chi connectivity index (χ3n) is 3.94. The van der Waals surface area contributed by atoms with E-state index in [-0.39, 0.29) is 5.91 Å². The molecular weight excluding hydrogens is 242 g/mol. The number of hydrogen-bond acceptors (Lipinski definition) is 3. The molecule has 1 atom stereocenters. The van der Waals surface area contributed by atoms with Gasteiger partial charge in [-0.2, -0.15) is 0 Å². The quantitative estimate of drug-likeness (QED) is 0.647. The first kappa shape index (κ1) is 16.4. The molecular formula is C15H29NO3. The second-order valence-electron chi connectivity index (χ2n) is 5.22. The molecule has 4 heteroatoms. The van der Waals surface area contributed by atoms with Gasteiger partial charge in [-0.3, -0.25) is 4.79 Å². The maximum atomic E-state index is 12.4. The van der Waals surface area contributed by atoms with Crippen LogP contribution in [0.15, 0.2) is 0 Å². The minimum atomic E-state index is 0.251. The molecule has 0 radical (unpaired) electrons. The van der Waals surface area contributed by atoms with E-state index in [1.807, 2.05) is 4.90 Å². The van der Waals surface area contributed by atoms with E-state index in [0.717, 1.165) is 38.7 Å². The molecule has 4 nitrogen and oxygen atoms in total. The van der Waals surface area contributed by atoms with Crippen LogP contribution in [0.2, 0.25) is 0 Å². The Kier molecular flexibility index (Phi) is 8.07. The Morgan fingerprint density at radius 3 is 2.68 bits per heavy atom. The monoisotopic (exact) mass is 271 g/mol. The molecule has 112 valence electrons. The molecule has 1 heterocycles. The van der Waals surface area contributed by atoms with Crippen molar-refractivity contribution in [3.8, 4) is 0 Å². The van der Waals surface area contributed by atoms with Gasteiger partial charge >= 0.3 is 0 Å². The van der Waals surface area contributed by atoms with Gasteiger partial charge in [-0.1, -0.05) is 13.8 Å². The van der Waals surface area contributed by atoms with Gasteiger partial charge < -0.3 is 14.4 Å². The predicted octanol–water partition coefficient (Wildman–Crippen LogP) is 2.61. The average Bonchev–Trinajstić information content (AvgIpc) is 2.94. The molecule has 1 amide bonds. The van der Waals surface area contributed by atoms with Crippen molar-refractivity contribution in [1.82, 2.24) is 4.90 Å². The molecule has 1 aliphatic rings. The van der Waals surface area contributed by atoms with Gasteiger partial charge in [-0.05, 0) is 32.1 Å². The molecule has 0 bridgehead atoms. The molecule has 0 aromatic carbocycles. The Bertz CT molecular complexity index is 248. The second kappa shape index (κ2) is 9.32. The van der Waals surface area contributed by atoms with Gasteiger partial charge in [0, 0.05) is 32.7 Å². The minimum absolute atomic E-state index is 0.251. The lowest BCUT2D eigenvalue weighted by Gasteiger charge is -2.30. The van der Waals surface area contributed by atoms with E-state index in [1.165, 1.54) is 0 Å². The highest BCUT2D eigenvalue weighted by Gasteiger charge is 2.23. The zero-order chi connectivity index (χ0) is 14.1. The first-order chi connectivity index (χ1) is 9.22. The SMILES string of the molecule is CCC(CC)N(CCOC)C(=O)CCC1CCCO1. The van der Waals surface area contributed by atoms with Gasteiger partial charge in [-0.25, -0.2) is 0 Å². The van der Waals surface area contributed by atoms with Gasteiger partial charge in [-0.15, -0.1) is 0 Å². The fourth-order valence-corrected chi connectivity index (χ4v) is 2.73. The summed E-state index contributed by atoms with van der Waals surface area (Å²) >= 11 is 0. The summed E-state index contributed by atoms with van der Waals surface area (Å²) in [6.07, 6.45) is 6.02. The highest BCUT2D eigenvalue weighted by molar-refractivity contribution is 5.76. The predicted molar refractivity (Wildman–Crippen MR) is 76.2 cm³/mol. The van der Waals surface area contributed by atoms with Crippen LogP contribution in [-0.2, 0) is 14.3 Å². The standard InChI is InChI=1S/C15H29NO3/c1-4-13(5-2)16(10-12-18-3)15(17)9-8-14-7-6-11-19-14/h13-14H,4-12H2,1-3H3. The topological polar surface area (TPSA) is 38.8 Å². The van der Waals surface area contributed by atoms with Gasteiger partial charge in [0.2, 0.25) is 5.91 Å². The molecule has 0 aromatic heterocycles. The fraction of sp³-hybridized carbons (Fsp3) is 0.933. The number of carbonyl (C=O) groups excluding carboxylic acids is 1. The van der Waals surface area contributed by atoms with Crippen LogP contribution in [0, 0.1) is 0 Å². The fourth-order valence-electron chi connectivity index (χ4n) is 2.73. The van der Waals surface area contributed by atoms with Crippen molar-refractivity contribution in [3.63, 3.8) is 0 Å². The smallest absolute Gasteiger partial charge is 0.222 e. The number of hydrogen-bond donors (Lipinski definition) is 0. The summed E-state index contributed by atoms with van der Waals surface area (Å²) in [6.45, 7) is 6.46. The van der Waals surface area contributed by atoms with Crippen LogP contribution < -0.4 is 0 Å². The minimum Gasteiger partial charge on any atom is -0.383 e. The van der Waals surface area contributed by atoms with E-state index in [4.69, 9.17) is 9.47 Å². The third kappa shape index (κ3) is 5.49. The van der Waals surface area contributed by atoms with Crippen molar-refractivity contribution >= 4 is 5.91 Å². The van der Waals surface area contributed by atoms with Crippen LogP contribution >= 0.6 is 0 Å². The molecule has 1 fully saturated rings. The Balaban J connectivity index is 2.44.